The number of nitrogens with zero attached hydrogens (tertiary/aromatic N) is 4. The van der Waals surface area contributed by atoms with Crippen molar-refractivity contribution in [3.8, 4) is 11.5 Å². The number of hydrogen-bond donors (Lipinski definition) is 0. The number of pyridine rings is 4. The number of para-hydroxylation sites is 2. The van der Waals surface area contributed by atoms with E-state index in [1.165, 1.54) is 21.3 Å². The summed E-state index contributed by atoms with van der Waals surface area (Å²) in [5, 5.41) is 6.35. The molecule has 0 aliphatic carbocycles. The molecule has 52 heavy (non-hydrogen) atoms. The van der Waals surface area contributed by atoms with Gasteiger partial charge in [0.2, 0.25) is 0 Å². The summed E-state index contributed by atoms with van der Waals surface area (Å²) in [6, 6.07) is 30.4. The van der Waals surface area contributed by atoms with Crippen LogP contribution < -0.4 is 20.6 Å². The van der Waals surface area contributed by atoms with Gasteiger partial charge in [-0.1, -0.05) is 68.4 Å². The van der Waals surface area contributed by atoms with Gasteiger partial charge in [0, 0.05) is 43.9 Å². The molecule has 0 fully saturated rings. The molecule has 10 rings (SSSR count). The van der Waals surface area contributed by atoms with E-state index in [-0.39, 0.29) is 16.8 Å². The zero-order valence-corrected chi connectivity index (χ0v) is 29.1. The summed E-state index contributed by atoms with van der Waals surface area (Å²) in [5.74, 6) is 0.232. The largest absolute Gasteiger partial charge is 0.493 e. The van der Waals surface area contributed by atoms with Gasteiger partial charge in [-0.15, -0.1) is 0 Å². The Hall–Kier alpha value is -6.81. The predicted octanol–water partition coefficient (Wildman–Crippen LogP) is 8.01. The second-order valence-corrected chi connectivity index (χ2v) is 11.9. The van der Waals surface area contributed by atoms with E-state index in [1.54, 1.807) is 27.0 Å². The predicted molar refractivity (Wildman–Crippen MR) is 206 cm³/mol. The molecule has 0 atom stereocenters. The van der Waals surface area contributed by atoms with E-state index in [2.05, 4.69) is 16.0 Å². The second-order valence-electron chi connectivity index (χ2n) is 11.9. The Morgan fingerprint density at radius 1 is 0.596 bits per heavy atom. The molecule has 0 radical (unpaired) electrons. The highest BCUT2D eigenvalue weighted by Crippen LogP contribution is 2.39. The Balaban J connectivity index is 0.000000148. The molecule has 0 bridgehead atoms. The Bertz CT molecular complexity index is 3130. The number of rotatable bonds is 3. The molecule has 4 aromatic carbocycles. The van der Waals surface area contributed by atoms with Crippen molar-refractivity contribution in [1.82, 2.24) is 18.8 Å². The number of carbonyl (C=O) groups excluding carboxylic acids is 1. The van der Waals surface area contributed by atoms with E-state index < -0.39 is 5.97 Å². The van der Waals surface area contributed by atoms with Crippen LogP contribution in [0.4, 0.5) is 0 Å². The van der Waals surface area contributed by atoms with Gasteiger partial charge in [-0.2, -0.15) is 0 Å². The molecule has 10 heteroatoms. The molecular weight excluding hydrogens is 656 g/mol. The van der Waals surface area contributed by atoms with Crippen LogP contribution in [0.1, 0.15) is 24.3 Å². The molecular formula is C42H32N4O6. The Morgan fingerprint density at radius 2 is 1.19 bits per heavy atom. The van der Waals surface area contributed by atoms with Crippen LogP contribution in [0.25, 0.3) is 76.2 Å². The van der Waals surface area contributed by atoms with E-state index in [9.17, 15) is 14.4 Å². The van der Waals surface area contributed by atoms with Crippen LogP contribution in [-0.2, 0) is 4.74 Å². The summed E-state index contributed by atoms with van der Waals surface area (Å²) < 4.78 is 19.2. The minimum atomic E-state index is -0.543. The fourth-order valence-electron chi connectivity index (χ4n) is 7.36. The lowest BCUT2D eigenvalue weighted by atomic mass is 10.1. The van der Waals surface area contributed by atoms with Crippen LogP contribution >= 0.6 is 0 Å². The number of methoxy groups -OCH3 is 3. The highest BCUT2D eigenvalue weighted by atomic mass is 16.5. The Labute approximate surface area is 295 Å². The summed E-state index contributed by atoms with van der Waals surface area (Å²) in [4.78, 5) is 47.9. The maximum absolute atomic E-state index is 13.6. The molecule has 0 unspecified atom stereocenters. The fraction of sp³-hybridized carbons (Fsp3) is 0.119. The smallest absolute Gasteiger partial charge is 0.356 e. The third kappa shape index (κ3) is 4.47. The molecule has 0 saturated heterocycles. The van der Waals surface area contributed by atoms with Gasteiger partial charge in [-0.3, -0.25) is 23.4 Å². The molecule has 10 nitrogen and oxygen atoms in total. The molecule has 0 aliphatic heterocycles. The number of fused-ring (bicyclic) bond motifs is 10. The topological polar surface area (TPSA) is 114 Å². The van der Waals surface area contributed by atoms with E-state index in [0.717, 1.165) is 49.0 Å². The first-order chi connectivity index (χ1) is 25.5. The van der Waals surface area contributed by atoms with Gasteiger partial charge >= 0.3 is 5.97 Å². The lowest BCUT2D eigenvalue weighted by Crippen LogP contribution is -2.15. The zero-order valence-electron chi connectivity index (χ0n) is 29.1. The van der Waals surface area contributed by atoms with Crippen molar-refractivity contribution in [2.45, 2.75) is 13.8 Å². The number of aromatic nitrogens is 4. The van der Waals surface area contributed by atoms with Gasteiger partial charge in [-0.25, -0.2) is 9.78 Å². The third-order valence-corrected chi connectivity index (χ3v) is 9.46. The average Bonchev–Trinajstić information content (AvgIpc) is 3.73. The zero-order chi connectivity index (χ0) is 36.3. The Kier molecular flexibility index (Phi) is 7.79. The SMILES string of the molecule is CC.COC(=O)c1cc2c3ccccc3n3c(=O)c4c(OC)c(OC)ccc4c(n1)c23.O=c1c2ccccc2c2nccc3c4ccccc4n1c32. The van der Waals surface area contributed by atoms with Gasteiger partial charge in [0.1, 0.15) is 5.69 Å². The molecule has 0 amide bonds. The first-order valence-corrected chi connectivity index (χ1v) is 16.8. The van der Waals surface area contributed by atoms with Crippen LogP contribution in [0.5, 0.6) is 11.5 Å². The minimum Gasteiger partial charge on any atom is -0.493 e. The number of esters is 1. The maximum Gasteiger partial charge on any atom is 0.356 e. The summed E-state index contributed by atoms with van der Waals surface area (Å²) in [6.45, 7) is 4.00. The lowest BCUT2D eigenvalue weighted by Gasteiger charge is -2.13. The monoisotopic (exact) mass is 688 g/mol. The second kappa shape index (κ2) is 12.5. The summed E-state index contributed by atoms with van der Waals surface area (Å²) in [5.41, 5.74) is 4.63. The van der Waals surface area contributed by atoms with Crippen molar-refractivity contribution in [2.24, 2.45) is 0 Å². The highest BCUT2D eigenvalue weighted by molar-refractivity contribution is 6.21. The number of ether oxygens (including phenoxy) is 3. The van der Waals surface area contributed by atoms with Crippen molar-refractivity contribution in [2.75, 3.05) is 21.3 Å². The highest BCUT2D eigenvalue weighted by Gasteiger charge is 2.24. The van der Waals surface area contributed by atoms with Gasteiger partial charge in [-0.05, 0) is 42.5 Å². The Morgan fingerprint density at radius 3 is 1.85 bits per heavy atom. The third-order valence-electron chi connectivity index (χ3n) is 9.46. The molecule has 10 aromatic rings. The first kappa shape index (κ1) is 32.4. The molecule has 6 heterocycles. The molecule has 0 aliphatic rings. The van der Waals surface area contributed by atoms with Crippen LogP contribution in [0.3, 0.4) is 0 Å². The first-order valence-electron chi connectivity index (χ1n) is 16.8. The summed E-state index contributed by atoms with van der Waals surface area (Å²) in [6.07, 6.45) is 1.82. The van der Waals surface area contributed by atoms with Crippen LogP contribution in [-0.4, -0.2) is 46.1 Å². The van der Waals surface area contributed by atoms with Crippen LogP contribution in [0.2, 0.25) is 0 Å². The minimum absolute atomic E-state index is 0.0253. The van der Waals surface area contributed by atoms with Gasteiger partial charge in [0.25, 0.3) is 11.1 Å². The van der Waals surface area contributed by atoms with Crippen LogP contribution in [0, 0.1) is 0 Å². The van der Waals surface area contributed by atoms with Crippen molar-refractivity contribution >= 4 is 82.2 Å². The van der Waals surface area contributed by atoms with Gasteiger partial charge < -0.3 is 14.2 Å². The lowest BCUT2D eigenvalue weighted by molar-refractivity contribution is 0.0594. The van der Waals surface area contributed by atoms with E-state index in [0.29, 0.717) is 38.7 Å². The molecule has 0 N–H and O–H groups in total. The van der Waals surface area contributed by atoms with E-state index >= 15 is 0 Å². The summed E-state index contributed by atoms with van der Waals surface area (Å²) in [7, 11) is 4.32. The number of benzene rings is 4. The standard InChI is InChI=1S/C22H16N2O5.C18H10N2O.C2H6/c1-27-16-9-8-12-17(20(16)28-2)21(25)24-15-7-5-4-6-11(15)13-10-14(22(26)29-3)23-18(12)19(13)24;21-18-14-7-2-1-6-12(14)16-17-13(9-10-19-16)11-5-3-4-8-15(11)20(17)18;1-2/h4-10H,1-3H3;1-10H;1-2H3. The normalized spacial score (nSPS) is 11.4. The molecule has 0 spiro atoms. The average molecular weight is 689 g/mol. The maximum atomic E-state index is 13.6. The fourth-order valence-corrected chi connectivity index (χ4v) is 7.36. The quantitative estimate of drug-likeness (QED) is 0.136. The van der Waals surface area contributed by atoms with Crippen LogP contribution in [0.15, 0.2) is 113 Å². The summed E-state index contributed by atoms with van der Waals surface area (Å²) >= 11 is 0. The van der Waals surface area contributed by atoms with Crippen molar-refractivity contribution in [3.05, 3.63) is 130 Å². The molecule has 256 valence electrons. The number of hydrogen-bond acceptors (Lipinski definition) is 8. The van der Waals surface area contributed by atoms with Gasteiger partial charge in [0.15, 0.2) is 11.5 Å². The van der Waals surface area contributed by atoms with Crippen molar-refractivity contribution < 1.29 is 19.0 Å². The van der Waals surface area contributed by atoms with Crippen molar-refractivity contribution in [1.29, 1.82) is 0 Å². The number of carbonyl (C=O) groups is 1. The van der Waals surface area contributed by atoms with E-state index in [4.69, 9.17) is 14.2 Å². The van der Waals surface area contributed by atoms with Crippen molar-refractivity contribution in [3.63, 3.8) is 0 Å². The molecule has 6 aromatic heterocycles. The van der Waals surface area contributed by atoms with Gasteiger partial charge in [0.05, 0.1) is 59.8 Å². The van der Waals surface area contributed by atoms with E-state index in [1.807, 2.05) is 92.8 Å². The molecule has 0 saturated carbocycles.